The number of methoxy groups -OCH3 is 1. The van der Waals surface area contributed by atoms with Crippen LogP contribution in [-0.2, 0) is 11.2 Å². The third kappa shape index (κ3) is 5.39. The van der Waals surface area contributed by atoms with Crippen LogP contribution in [0.5, 0.6) is 5.75 Å². The molecule has 1 aromatic carbocycles. The van der Waals surface area contributed by atoms with Crippen molar-refractivity contribution in [3.05, 3.63) is 59.9 Å². The predicted octanol–water partition coefficient (Wildman–Crippen LogP) is 1.57. The molecule has 2 aromatic rings. The summed E-state index contributed by atoms with van der Waals surface area (Å²) < 4.78 is 5.26. The fourth-order valence-electron chi connectivity index (χ4n) is 2.22. The van der Waals surface area contributed by atoms with Gasteiger partial charge in [-0.1, -0.05) is 18.2 Å². The molecule has 2 N–H and O–H groups in total. The number of hydrogen-bond donors (Lipinski definition) is 2. The minimum atomic E-state index is -0.202. The van der Waals surface area contributed by atoms with E-state index in [4.69, 9.17) is 4.74 Å². The highest BCUT2D eigenvalue weighted by Gasteiger charge is 2.07. The Kier molecular flexibility index (Phi) is 6.76. The first kappa shape index (κ1) is 17.5. The first-order valence-electron chi connectivity index (χ1n) is 7.77. The second kappa shape index (κ2) is 9.29. The number of pyridine rings is 1. The van der Waals surface area contributed by atoms with Crippen LogP contribution in [0.3, 0.4) is 0 Å². The molecule has 6 heteroatoms. The highest BCUT2D eigenvalue weighted by Crippen LogP contribution is 2.18. The van der Waals surface area contributed by atoms with E-state index in [0.29, 0.717) is 31.5 Å². The molecule has 126 valence electrons. The predicted molar refractivity (Wildman–Crippen MR) is 90.9 cm³/mol. The summed E-state index contributed by atoms with van der Waals surface area (Å²) in [6.07, 6.45) is 4.09. The van der Waals surface area contributed by atoms with E-state index < -0.39 is 0 Å². The summed E-state index contributed by atoms with van der Waals surface area (Å²) >= 11 is 0. The molecule has 0 saturated heterocycles. The lowest BCUT2D eigenvalue weighted by atomic mass is 10.1. The number of para-hydroxylation sites is 1. The van der Waals surface area contributed by atoms with E-state index in [9.17, 15) is 9.59 Å². The van der Waals surface area contributed by atoms with Gasteiger partial charge >= 0.3 is 0 Å². The molecule has 0 aliphatic heterocycles. The maximum atomic E-state index is 11.9. The van der Waals surface area contributed by atoms with Crippen LogP contribution in [0.2, 0.25) is 0 Å². The zero-order chi connectivity index (χ0) is 17.2. The largest absolute Gasteiger partial charge is 0.496 e. The van der Waals surface area contributed by atoms with Crippen molar-refractivity contribution in [1.82, 2.24) is 15.6 Å². The molecule has 0 saturated carbocycles. The van der Waals surface area contributed by atoms with Crippen molar-refractivity contribution in [2.24, 2.45) is 0 Å². The monoisotopic (exact) mass is 327 g/mol. The molecule has 0 spiro atoms. The van der Waals surface area contributed by atoms with Crippen LogP contribution in [0.4, 0.5) is 0 Å². The van der Waals surface area contributed by atoms with Gasteiger partial charge in [0.05, 0.1) is 12.7 Å². The molecule has 0 fully saturated rings. The maximum Gasteiger partial charge on any atom is 0.252 e. The first-order chi connectivity index (χ1) is 11.7. The highest BCUT2D eigenvalue weighted by molar-refractivity contribution is 5.93. The Morgan fingerprint density at radius 2 is 1.88 bits per heavy atom. The molecule has 1 aromatic heterocycles. The van der Waals surface area contributed by atoms with Crippen molar-refractivity contribution < 1.29 is 14.3 Å². The van der Waals surface area contributed by atoms with E-state index in [1.54, 1.807) is 25.4 Å². The van der Waals surface area contributed by atoms with Crippen LogP contribution >= 0.6 is 0 Å². The van der Waals surface area contributed by atoms with Crippen molar-refractivity contribution in [3.63, 3.8) is 0 Å². The van der Waals surface area contributed by atoms with Gasteiger partial charge in [-0.2, -0.15) is 0 Å². The number of nitrogens with zero attached hydrogens (tertiary/aromatic N) is 1. The van der Waals surface area contributed by atoms with E-state index >= 15 is 0 Å². The molecule has 1 heterocycles. The van der Waals surface area contributed by atoms with Crippen molar-refractivity contribution in [3.8, 4) is 5.75 Å². The molecule has 0 aliphatic carbocycles. The minimum absolute atomic E-state index is 0.0588. The molecule has 2 amide bonds. The number of aromatic nitrogens is 1. The van der Waals surface area contributed by atoms with Crippen LogP contribution in [-0.4, -0.2) is 37.0 Å². The van der Waals surface area contributed by atoms with Gasteiger partial charge in [-0.25, -0.2) is 0 Å². The summed E-state index contributed by atoms with van der Waals surface area (Å²) in [6, 6.07) is 11.0. The van der Waals surface area contributed by atoms with Gasteiger partial charge in [0.2, 0.25) is 5.91 Å². The van der Waals surface area contributed by atoms with Crippen LogP contribution in [0.25, 0.3) is 0 Å². The molecule has 24 heavy (non-hydrogen) atoms. The number of carbonyl (C=O) groups is 2. The summed E-state index contributed by atoms with van der Waals surface area (Å²) in [7, 11) is 1.61. The number of hydrogen-bond acceptors (Lipinski definition) is 4. The average molecular weight is 327 g/mol. The van der Waals surface area contributed by atoms with E-state index in [2.05, 4.69) is 15.6 Å². The Morgan fingerprint density at radius 3 is 2.62 bits per heavy atom. The van der Waals surface area contributed by atoms with Gasteiger partial charge in [0.1, 0.15) is 5.75 Å². The van der Waals surface area contributed by atoms with Crippen LogP contribution in [0.15, 0.2) is 48.8 Å². The van der Waals surface area contributed by atoms with Gasteiger partial charge in [-0.3, -0.25) is 14.6 Å². The Bertz CT molecular complexity index is 674. The maximum absolute atomic E-state index is 11.9. The lowest BCUT2D eigenvalue weighted by Crippen LogP contribution is -2.34. The standard InChI is InChI=1S/C18H21N3O3/c1-24-16-7-3-2-5-14(16)8-9-17(22)20-11-12-21-18(23)15-6-4-10-19-13-15/h2-7,10,13H,8-9,11-12H2,1H3,(H,20,22)(H,21,23). The summed E-state index contributed by atoms with van der Waals surface area (Å²) in [5.74, 6) is 0.525. The number of amides is 2. The Morgan fingerprint density at radius 1 is 1.08 bits per heavy atom. The lowest BCUT2D eigenvalue weighted by molar-refractivity contribution is -0.121. The number of rotatable bonds is 8. The number of nitrogens with one attached hydrogen (secondary N) is 2. The summed E-state index contributed by atoms with van der Waals surface area (Å²) in [5.41, 5.74) is 1.50. The third-order valence-corrected chi connectivity index (χ3v) is 3.47. The molecule has 0 atom stereocenters. The summed E-state index contributed by atoms with van der Waals surface area (Å²) in [6.45, 7) is 0.755. The van der Waals surface area contributed by atoms with Crippen molar-refractivity contribution >= 4 is 11.8 Å². The fraction of sp³-hybridized carbons (Fsp3) is 0.278. The quantitative estimate of drug-likeness (QED) is 0.721. The van der Waals surface area contributed by atoms with Crippen molar-refractivity contribution in [2.45, 2.75) is 12.8 Å². The Balaban J connectivity index is 1.66. The van der Waals surface area contributed by atoms with Gasteiger partial charge in [0.25, 0.3) is 5.91 Å². The van der Waals surface area contributed by atoms with Gasteiger partial charge in [0.15, 0.2) is 0 Å². The number of ether oxygens (including phenoxy) is 1. The topological polar surface area (TPSA) is 80.3 Å². The average Bonchev–Trinajstić information content (AvgIpc) is 2.64. The Labute approximate surface area is 141 Å². The van der Waals surface area contributed by atoms with Gasteiger partial charge < -0.3 is 15.4 Å². The highest BCUT2D eigenvalue weighted by atomic mass is 16.5. The van der Waals surface area contributed by atoms with Gasteiger partial charge in [-0.05, 0) is 30.2 Å². The fourth-order valence-corrected chi connectivity index (χ4v) is 2.22. The molecular weight excluding hydrogens is 306 g/mol. The van der Waals surface area contributed by atoms with E-state index in [1.807, 2.05) is 24.3 Å². The van der Waals surface area contributed by atoms with Crippen LogP contribution < -0.4 is 15.4 Å². The smallest absolute Gasteiger partial charge is 0.252 e. The van der Waals surface area contributed by atoms with E-state index in [1.165, 1.54) is 6.20 Å². The SMILES string of the molecule is COc1ccccc1CCC(=O)NCCNC(=O)c1cccnc1. The summed E-state index contributed by atoms with van der Waals surface area (Å²) in [4.78, 5) is 27.5. The van der Waals surface area contributed by atoms with Crippen LogP contribution in [0.1, 0.15) is 22.3 Å². The molecule has 6 nitrogen and oxygen atoms in total. The minimum Gasteiger partial charge on any atom is -0.496 e. The number of carbonyl (C=O) groups excluding carboxylic acids is 2. The van der Waals surface area contributed by atoms with E-state index in [-0.39, 0.29) is 11.8 Å². The zero-order valence-corrected chi connectivity index (χ0v) is 13.6. The van der Waals surface area contributed by atoms with Gasteiger partial charge in [0, 0.05) is 31.9 Å². The molecule has 0 unspecified atom stereocenters. The third-order valence-electron chi connectivity index (χ3n) is 3.47. The molecule has 0 bridgehead atoms. The van der Waals surface area contributed by atoms with Crippen molar-refractivity contribution in [2.75, 3.05) is 20.2 Å². The molecule has 0 radical (unpaired) electrons. The normalized spacial score (nSPS) is 10.0. The summed E-state index contributed by atoms with van der Waals surface area (Å²) in [5, 5.41) is 5.52. The van der Waals surface area contributed by atoms with Crippen LogP contribution in [0, 0.1) is 0 Å². The van der Waals surface area contributed by atoms with Crippen molar-refractivity contribution in [1.29, 1.82) is 0 Å². The first-order valence-corrected chi connectivity index (χ1v) is 7.77. The second-order valence-electron chi connectivity index (χ2n) is 5.16. The van der Waals surface area contributed by atoms with Gasteiger partial charge in [-0.15, -0.1) is 0 Å². The zero-order valence-electron chi connectivity index (χ0n) is 13.6. The molecule has 2 rings (SSSR count). The second-order valence-corrected chi connectivity index (χ2v) is 5.16. The van der Waals surface area contributed by atoms with E-state index in [0.717, 1.165) is 11.3 Å². The number of aryl methyl sites for hydroxylation is 1. The molecule has 0 aliphatic rings. The molecular formula is C18H21N3O3. The lowest BCUT2D eigenvalue weighted by Gasteiger charge is -2.09. The Hall–Kier alpha value is -2.89. The number of benzene rings is 1.